The molecule has 16 heteroatoms. The lowest BCUT2D eigenvalue weighted by molar-refractivity contribution is 0.0663. The predicted molar refractivity (Wildman–Crippen MR) is 242 cm³/mol. The van der Waals surface area contributed by atoms with Crippen LogP contribution in [-0.2, 0) is 27.7 Å². The van der Waals surface area contributed by atoms with Gasteiger partial charge in [-0.2, -0.15) is 5.10 Å². The summed E-state index contributed by atoms with van der Waals surface area (Å²) in [6, 6.07) is 16.8. The Morgan fingerprint density at radius 3 is 2.34 bits per heavy atom. The Kier molecular flexibility index (Phi) is 10.0. The highest BCUT2D eigenvalue weighted by molar-refractivity contribution is 7.70. The summed E-state index contributed by atoms with van der Waals surface area (Å²) in [4.78, 5) is 47.3. The third-order valence-electron chi connectivity index (χ3n) is 13.9. The summed E-state index contributed by atoms with van der Waals surface area (Å²) in [6.07, 6.45) is 6.89. The van der Waals surface area contributed by atoms with Gasteiger partial charge < -0.3 is 18.8 Å². The van der Waals surface area contributed by atoms with Gasteiger partial charge in [-0.05, 0) is 142 Å². The molecule has 7 aromatic rings. The second-order valence-corrected chi connectivity index (χ2v) is 21.5. The van der Waals surface area contributed by atoms with E-state index in [1.165, 1.54) is 5.56 Å². The smallest absolute Gasteiger partial charge is 0.381 e. The first-order chi connectivity index (χ1) is 30.6. The van der Waals surface area contributed by atoms with Crippen LogP contribution in [0.4, 0.5) is 4.39 Å². The van der Waals surface area contributed by atoms with E-state index in [-0.39, 0.29) is 23.3 Å². The fourth-order valence-corrected chi connectivity index (χ4v) is 11.8. The number of aryl methyl sites for hydroxylation is 3. The number of carbonyl (C=O) groups excluding carboxylic acids is 1. The zero-order valence-electron chi connectivity index (χ0n) is 37.1. The van der Waals surface area contributed by atoms with E-state index in [0.717, 1.165) is 40.3 Å². The molecule has 332 valence electrons. The summed E-state index contributed by atoms with van der Waals surface area (Å²) in [7, 11) is -2.57. The highest BCUT2D eigenvalue weighted by Gasteiger charge is 2.59. The van der Waals surface area contributed by atoms with Crippen molar-refractivity contribution in [1.29, 1.82) is 0 Å². The number of halogens is 1. The molecule has 1 amide bonds. The summed E-state index contributed by atoms with van der Waals surface area (Å²) in [5.41, 5.74) is 5.69. The van der Waals surface area contributed by atoms with Crippen LogP contribution in [0.1, 0.15) is 102 Å². The first-order valence-corrected chi connectivity index (χ1v) is 24.7. The number of aromatic nitrogens is 7. The fourth-order valence-electron chi connectivity index (χ4n) is 10.5. The molecule has 2 fully saturated rings. The molecule has 0 spiro atoms. The van der Waals surface area contributed by atoms with Crippen molar-refractivity contribution < 1.29 is 23.0 Å². The molecule has 2 aliphatic heterocycles. The average molecular weight is 887 g/mol. The van der Waals surface area contributed by atoms with Gasteiger partial charge in [-0.15, -0.1) is 0 Å². The maximum absolute atomic E-state index is 15.5. The minimum Gasteiger partial charge on any atom is -0.381 e. The van der Waals surface area contributed by atoms with Gasteiger partial charge in [0.15, 0.2) is 5.82 Å². The molecular weight excluding hydrogens is 835 g/mol. The number of carbonyl (C=O) groups is 1. The Bertz CT molecular complexity index is 3170. The molecule has 1 aliphatic carbocycles. The van der Waals surface area contributed by atoms with Gasteiger partial charge in [-0.3, -0.25) is 23.4 Å². The summed E-state index contributed by atoms with van der Waals surface area (Å²) in [5, 5.41) is 11.0. The van der Waals surface area contributed by atoms with Gasteiger partial charge >= 0.3 is 11.4 Å². The number of ether oxygens (including phenoxy) is 1. The molecule has 3 aliphatic rings. The van der Waals surface area contributed by atoms with Gasteiger partial charge in [0.25, 0.3) is 5.91 Å². The van der Waals surface area contributed by atoms with Crippen molar-refractivity contribution in [2.45, 2.75) is 84.2 Å². The maximum Gasteiger partial charge on any atom is 0.438 e. The third kappa shape index (κ3) is 6.60. The van der Waals surface area contributed by atoms with Crippen molar-refractivity contribution in [1.82, 2.24) is 38.5 Å². The highest BCUT2D eigenvalue weighted by atomic mass is 31.2. The van der Waals surface area contributed by atoms with Crippen molar-refractivity contribution in [2.75, 3.05) is 33.1 Å². The van der Waals surface area contributed by atoms with Crippen LogP contribution in [0, 0.1) is 25.6 Å². The molecule has 0 radical (unpaired) electrons. The van der Waals surface area contributed by atoms with Crippen molar-refractivity contribution in [3.63, 3.8) is 0 Å². The number of hydrogen-bond donors (Lipinski definition) is 1. The predicted octanol–water partition coefficient (Wildman–Crippen LogP) is 7.45. The molecular formula is C48H52FN8O6P. The summed E-state index contributed by atoms with van der Waals surface area (Å²) in [6.45, 7) is 14.7. The van der Waals surface area contributed by atoms with Crippen LogP contribution in [0.25, 0.3) is 28.1 Å². The minimum atomic E-state index is -2.57. The van der Waals surface area contributed by atoms with E-state index in [9.17, 15) is 14.2 Å². The second kappa shape index (κ2) is 15.3. The van der Waals surface area contributed by atoms with Crippen LogP contribution in [0.15, 0.2) is 81.1 Å². The molecule has 64 heavy (non-hydrogen) atoms. The number of rotatable bonds is 9. The van der Waals surface area contributed by atoms with E-state index < -0.39 is 24.5 Å². The van der Waals surface area contributed by atoms with Crippen LogP contribution in [-0.4, -0.2) is 77.5 Å². The number of nitrogens with zero attached hydrogens (tertiary/aromatic N) is 7. The van der Waals surface area contributed by atoms with E-state index in [1.807, 2.05) is 47.6 Å². The van der Waals surface area contributed by atoms with Crippen molar-refractivity contribution in [3.05, 3.63) is 139 Å². The van der Waals surface area contributed by atoms with Crippen LogP contribution in [0.3, 0.4) is 0 Å². The summed E-state index contributed by atoms with van der Waals surface area (Å²) < 4.78 is 45.8. The zero-order chi connectivity index (χ0) is 45.0. The van der Waals surface area contributed by atoms with E-state index in [0.29, 0.717) is 90.3 Å². The van der Waals surface area contributed by atoms with Gasteiger partial charge in [-0.25, -0.2) is 18.7 Å². The molecule has 3 aromatic carbocycles. The highest BCUT2D eigenvalue weighted by Crippen LogP contribution is 2.56. The number of fused-ring (bicyclic) bond motifs is 2. The first kappa shape index (κ1) is 41.9. The maximum atomic E-state index is 15.5. The van der Waals surface area contributed by atoms with Crippen LogP contribution < -0.4 is 16.8 Å². The molecule has 14 nitrogen and oxygen atoms in total. The fraction of sp³-hybridized carbons (Fsp3) is 0.396. The molecule has 6 heterocycles. The lowest BCUT2D eigenvalue weighted by Crippen LogP contribution is -2.41. The van der Waals surface area contributed by atoms with Gasteiger partial charge in [0.05, 0.1) is 23.1 Å². The summed E-state index contributed by atoms with van der Waals surface area (Å²) >= 11 is 0. The number of amides is 1. The third-order valence-corrected chi connectivity index (χ3v) is 15.5. The number of imidazole rings is 1. The van der Waals surface area contributed by atoms with E-state index in [4.69, 9.17) is 14.4 Å². The quantitative estimate of drug-likeness (QED) is 0.147. The molecule has 4 aromatic heterocycles. The minimum absolute atomic E-state index is 0.0254. The molecule has 1 saturated carbocycles. The molecule has 0 bridgehead atoms. The second-order valence-electron chi connectivity index (χ2n) is 18.3. The number of hydrogen-bond acceptors (Lipinski definition) is 8. The molecule has 10 rings (SSSR count). The van der Waals surface area contributed by atoms with Crippen molar-refractivity contribution in [2.24, 2.45) is 5.92 Å². The number of nitrogens with one attached hydrogen (secondary N) is 1. The molecule has 1 N–H and O–H groups in total. The Morgan fingerprint density at radius 1 is 0.969 bits per heavy atom. The lowest BCUT2D eigenvalue weighted by Gasteiger charge is -2.34. The summed E-state index contributed by atoms with van der Waals surface area (Å²) in [5.74, 6) is -0.0206. The number of benzene rings is 3. The number of H-pyrrole nitrogens is 1. The Balaban J connectivity index is 1.12. The molecule has 3 atom stereocenters. The van der Waals surface area contributed by atoms with Gasteiger partial charge in [0.1, 0.15) is 30.0 Å². The largest absolute Gasteiger partial charge is 0.438 e. The molecule has 0 unspecified atom stereocenters. The lowest BCUT2D eigenvalue weighted by atomic mass is 9.91. The SMILES string of the molecule is CCc1cc(-n2ccn(-c3c4c(nn3-c3cc(C)c(F)c(C)c3)CCN(C(=O)c3cc5cc(C6CCOCC6)ccc5n3[C@@]3(c5noc(=O)[nH]5)C[C@@H]3C)[C@H]4C)c2=O)ccc1P(C)(C)=O. The zero-order valence-corrected chi connectivity index (χ0v) is 38.0. The van der Waals surface area contributed by atoms with Crippen molar-refractivity contribution >= 4 is 29.3 Å². The Hall–Kier alpha value is -6.05. The first-order valence-electron chi connectivity index (χ1n) is 22.1. The number of aromatic amines is 1. The Labute approximate surface area is 369 Å². The van der Waals surface area contributed by atoms with E-state index >= 15 is 9.18 Å². The topological polar surface area (TPSA) is 155 Å². The van der Waals surface area contributed by atoms with E-state index in [2.05, 4.69) is 35.3 Å². The monoisotopic (exact) mass is 886 g/mol. The van der Waals surface area contributed by atoms with Crippen LogP contribution in [0.5, 0.6) is 0 Å². The molecule has 1 saturated heterocycles. The van der Waals surface area contributed by atoms with Crippen molar-refractivity contribution in [3.8, 4) is 17.2 Å². The van der Waals surface area contributed by atoms with Gasteiger partial charge in [-0.1, -0.05) is 25.1 Å². The standard InChI is InChI=1S/C48H52FN8O6P/c1-8-31-24-35(10-12-40(31)64(6,7)61)54-17-18-55(47(54)60)43-41-30(5)53(16-13-37(41)51-57(43)36-21-27(2)42(49)28(3)22-36)44(58)39-25-34-23-33(32-14-19-62-20-15-32)9-11-38(34)56(39)48(26-29(48)4)45-50-46(59)63-52-45/h9-12,17-18,21-25,29-30,32H,8,13-16,19-20,26H2,1-7H3,(H,50,52,59)/t29-,30-,48-/m0/s1. The van der Waals surface area contributed by atoms with E-state index in [1.54, 1.807) is 65.5 Å². The van der Waals surface area contributed by atoms with Gasteiger partial charge in [0, 0.05) is 60.3 Å². The van der Waals surface area contributed by atoms with Crippen LogP contribution >= 0.6 is 7.14 Å². The normalized spacial score (nSPS) is 20.3. The van der Waals surface area contributed by atoms with Crippen LogP contribution in [0.2, 0.25) is 0 Å². The van der Waals surface area contributed by atoms with Gasteiger partial charge in [0.2, 0.25) is 0 Å². The average Bonchev–Trinajstić information content (AvgIpc) is 3.77. The Morgan fingerprint density at radius 2 is 1.69 bits per heavy atom.